The number of carboxylic acids is 1. The molecule has 0 saturated carbocycles. The molecule has 0 radical (unpaired) electrons. The van der Waals surface area contributed by atoms with E-state index >= 15 is 0 Å². The zero-order valence-electron chi connectivity index (χ0n) is 11.0. The molecule has 0 fully saturated rings. The standard InChI is InChI=1S/C13H16N2O4S/c1-3-5-12(13(16)17)15-10-6-8-11(9-7-10)20(18,19)14-4-2/h1,6-9,12,14-15H,4-5H2,2H3,(H,16,17). The Morgan fingerprint density at radius 1 is 1.40 bits per heavy atom. The monoisotopic (exact) mass is 296 g/mol. The minimum absolute atomic E-state index is 0.0345. The van der Waals surface area contributed by atoms with Crippen molar-refractivity contribution < 1.29 is 18.3 Å². The first kappa shape index (κ1) is 16.0. The van der Waals surface area contributed by atoms with Crippen molar-refractivity contribution in [2.24, 2.45) is 0 Å². The molecule has 0 aliphatic rings. The van der Waals surface area contributed by atoms with Crippen molar-refractivity contribution in [2.75, 3.05) is 11.9 Å². The fraction of sp³-hybridized carbons (Fsp3) is 0.308. The van der Waals surface area contributed by atoms with Gasteiger partial charge >= 0.3 is 5.97 Å². The number of benzene rings is 1. The predicted molar refractivity (Wildman–Crippen MR) is 75.8 cm³/mol. The summed E-state index contributed by atoms with van der Waals surface area (Å²) in [6.07, 6.45) is 5.13. The van der Waals surface area contributed by atoms with Crippen LogP contribution in [-0.4, -0.2) is 32.1 Å². The van der Waals surface area contributed by atoms with E-state index in [0.717, 1.165) is 0 Å². The minimum Gasteiger partial charge on any atom is -0.480 e. The predicted octanol–water partition coefficient (Wildman–Crippen LogP) is 0.873. The largest absolute Gasteiger partial charge is 0.480 e. The highest BCUT2D eigenvalue weighted by Gasteiger charge is 2.16. The van der Waals surface area contributed by atoms with Gasteiger partial charge in [-0.05, 0) is 24.3 Å². The molecule has 1 aromatic carbocycles. The highest BCUT2D eigenvalue weighted by molar-refractivity contribution is 7.89. The maximum absolute atomic E-state index is 11.7. The second kappa shape index (κ2) is 6.93. The summed E-state index contributed by atoms with van der Waals surface area (Å²) in [5.74, 6) is 1.21. The summed E-state index contributed by atoms with van der Waals surface area (Å²) in [5, 5.41) is 11.7. The van der Waals surface area contributed by atoms with Crippen molar-refractivity contribution in [3.05, 3.63) is 24.3 Å². The molecule has 0 saturated heterocycles. The average Bonchev–Trinajstić information content (AvgIpc) is 2.38. The topological polar surface area (TPSA) is 95.5 Å². The number of terminal acetylenes is 1. The highest BCUT2D eigenvalue weighted by atomic mass is 32.2. The van der Waals surface area contributed by atoms with E-state index in [0.29, 0.717) is 12.2 Å². The van der Waals surface area contributed by atoms with Crippen LogP contribution in [0.2, 0.25) is 0 Å². The van der Waals surface area contributed by atoms with Gasteiger partial charge in [0.05, 0.1) is 4.90 Å². The Labute approximate surface area is 118 Å². The zero-order valence-corrected chi connectivity index (χ0v) is 11.8. The van der Waals surface area contributed by atoms with Gasteiger partial charge in [-0.3, -0.25) is 0 Å². The van der Waals surface area contributed by atoms with Crippen LogP contribution in [0.15, 0.2) is 29.2 Å². The molecule has 0 spiro atoms. The summed E-state index contributed by atoms with van der Waals surface area (Å²) in [6.45, 7) is 1.98. The van der Waals surface area contributed by atoms with Crippen molar-refractivity contribution in [1.29, 1.82) is 0 Å². The lowest BCUT2D eigenvalue weighted by Crippen LogP contribution is -2.28. The molecule has 108 valence electrons. The van der Waals surface area contributed by atoms with Crippen molar-refractivity contribution in [3.8, 4) is 12.3 Å². The third-order valence-corrected chi connectivity index (χ3v) is 4.02. The summed E-state index contributed by atoms with van der Waals surface area (Å²) >= 11 is 0. The van der Waals surface area contributed by atoms with E-state index in [1.165, 1.54) is 24.3 Å². The fourth-order valence-electron chi connectivity index (χ4n) is 1.52. The number of sulfonamides is 1. The fourth-order valence-corrected chi connectivity index (χ4v) is 2.56. The van der Waals surface area contributed by atoms with Crippen LogP contribution in [-0.2, 0) is 14.8 Å². The Balaban J connectivity index is 2.87. The van der Waals surface area contributed by atoms with Gasteiger partial charge in [-0.2, -0.15) is 0 Å². The normalized spacial score (nSPS) is 12.4. The molecule has 0 heterocycles. The lowest BCUT2D eigenvalue weighted by Gasteiger charge is -2.13. The number of nitrogens with one attached hydrogen (secondary N) is 2. The number of hydrogen-bond acceptors (Lipinski definition) is 4. The second-order valence-corrected chi connectivity index (χ2v) is 5.74. The van der Waals surface area contributed by atoms with Crippen LogP contribution in [0.4, 0.5) is 5.69 Å². The molecule has 1 atom stereocenters. The molecule has 7 heteroatoms. The molecule has 0 aliphatic heterocycles. The Morgan fingerprint density at radius 3 is 2.45 bits per heavy atom. The van der Waals surface area contributed by atoms with Crippen LogP contribution < -0.4 is 10.0 Å². The van der Waals surface area contributed by atoms with Gasteiger partial charge in [0.1, 0.15) is 6.04 Å². The summed E-state index contributed by atoms with van der Waals surface area (Å²) in [4.78, 5) is 11.1. The van der Waals surface area contributed by atoms with Crippen molar-refractivity contribution in [2.45, 2.75) is 24.3 Å². The van der Waals surface area contributed by atoms with E-state index in [4.69, 9.17) is 11.5 Å². The molecule has 1 aromatic rings. The van der Waals surface area contributed by atoms with Gasteiger partial charge in [-0.1, -0.05) is 6.92 Å². The molecular weight excluding hydrogens is 280 g/mol. The smallest absolute Gasteiger partial charge is 0.327 e. The Hall–Kier alpha value is -2.04. The van der Waals surface area contributed by atoms with E-state index in [1.807, 2.05) is 0 Å². The van der Waals surface area contributed by atoms with Crippen LogP contribution >= 0.6 is 0 Å². The summed E-state index contributed by atoms with van der Waals surface area (Å²) in [7, 11) is -3.51. The number of anilines is 1. The van der Waals surface area contributed by atoms with Gasteiger partial charge < -0.3 is 10.4 Å². The number of carbonyl (C=O) groups is 1. The van der Waals surface area contributed by atoms with Crippen LogP contribution in [0.25, 0.3) is 0 Å². The van der Waals surface area contributed by atoms with Crippen LogP contribution in [0.1, 0.15) is 13.3 Å². The number of rotatable bonds is 7. The molecule has 0 aromatic heterocycles. The molecular formula is C13H16N2O4S. The Kier molecular flexibility index (Phi) is 5.55. The Bertz CT molecular complexity index is 602. The molecule has 6 nitrogen and oxygen atoms in total. The third-order valence-electron chi connectivity index (χ3n) is 2.46. The van der Waals surface area contributed by atoms with Gasteiger partial charge in [-0.15, -0.1) is 12.3 Å². The lowest BCUT2D eigenvalue weighted by atomic mass is 10.2. The molecule has 3 N–H and O–H groups in total. The number of carboxylic acid groups (broad SMARTS) is 1. The maximum Gasteiger partial charge on any atom is 0.327 e. The molecule has 1 unspecified atom stereocenters. The highest BCUT2D eigenvalue weighted by Crippen LogP contribution is 2.15. The quantitative estimate of drug-likeness (QED) is 0.649. The first-order chi connectivity index (χ1) is 9.40. The van der Waals surface area contributed by atoms with Crippen LogP contribution in [0.3, 0.4) is 0 Å². The Morgan fingerprint density at radius 2 is 2.00 bits per heavy atom. The molecule has 0 bridgehead atoms. The van der Waals surface area contributed by atoms with E-state index < -0.39 is 22.0 Å². The molecule has 0 aliphatic carbocycles. The van der Waals surface area contributed by atoms with Crippen molar-refractivity contribution >= 4 is 21.7 Å². The number of aliphatic carboxylic acids is 1. The first-order valence-corrected chi connectivity index (χ1v) is 7.41. The van der Waals surface area contributed by atoms with E-state index in [2.05, 4.69) is 16.0 Å². The zero-order chi connectivity index (χ0) is 15.2. The van der Waals surface area contributed by atoms with Crippen molar-refractivity contribution in [1.82, 2.24) is 4.72 Å². The maximum atomic E-state index is 11.7. The minimum atomic E-state index is -3.51. The van der Waals surface area contributed by atoms with E-state index in [1.54, 1.807) is 6.92 Å². The van der Waals surface area contributed by atoms with Crippen LogP contribution in [0.5, 0.6) is 0 Å². The molecule has 20 heavy (non-hydrogen) atoms. The van der Waals surface area contributed by atoms with Gasteiger partial charge in [0.15, 0.2) is 0 Å². The second-order valence-electron chi connectivity index (χ2n) is 3.97. The molecule has 1 rings (SSSR count). The van der Waals surface area contributed by atoms with Gasteiger partial charge in [0.2, 0.25) is 10.0 Å². The van der Waals surface area contributed by atoms with Crippen LogP contribution in [0, 0.1) is 12.3 Å². The SMILES string of the molecule is C#CCC(Nc1ccc(S(=O)(=O)NCC)cc1)C(=O)O. The van der Waals surface area contributed by atoms with E-state index in [-0.39, 0.29) is 11.3 Å². The summed E-state index contributed by atoms with van der Waals surface area (Å²) < 4.78 is 25.8. The number of hydrogen-bond donors (Lipinski definition) is 3. The summed E-state index contributed by atoms with van der Waals surface area (Å²) in [6, 6.07) is 4.88. The third kappa shape index (κ3) is 4.26. The first-order valence-electron chi connectivity index (χ1n) is 5.93. The van der Waals surface area contributed by atoms with Gasteiger partial charge in [0, 0.05) is 18.7 Å². The van der Waals surface area contributed by atoms with Crippen molar-refractivity contribution in [3.63, 3.8) is 0 Å². The molecule has 0 amide bonds. The summed E-state index contributed by atoms with van der Waals surface area (Å²) in [5.41, 5.74) is 0.489. The van der Waals surface area contributed by atoms with E-state index in [9.17, 15) is 13.2 Å². The van der Waals surface area contributed by atoms with Gasteiger partial charge in [0.25, 0.3) is 0 Å². The average molecular weight is 296 g/mol. The lowest BCUT2D eigenvalue weighted by molar-refractivity contribution is -0.137. The van der Waals surface area contributed by atoms with Gasteiger partial charge in [-0.25, -0.2) is 17.9 Å².